The zero-order valence-electron chi connectivity index (χ0n) is 23.1. The molecule has 0 unspecified atom stereocenters. The Morgan fingerprint density at radius 2 is 1.09 bits per heavy atom. The molecule has 2 aromatic heterocycles. The molecule has 5 rings (SSSR count). The Labute approximate surface area is 252 Å². The molecule has 0 amide bonds. The SMILES string of the molecule is COc1cc2cc(C(=O)CCC(=O)O)sc2cc1-c1ccc(F)cc1-c1cc2sc(C(=O)CCC(=O)O)cc2cc1OC. The lowest BCUT2D eigenvalue weighted by Gasteiger charge is -2.16. The molecule has 0 aliphatic rings. The Kier molecular flexibility index (Phi) is 8.56. The van der Waals surface area contributed by atoms with Gasteiger partial charge in [0.1, 0.15) is 17.3 Å². The summed E-state index contributed by atoms with van der Waals surface area (Å²) in [6.07, 6.45) is -0.734. The third-order valence-corrected chi connectivity index (χ3v) is 9.20. The van der Waals surface area contributed by atoms with E-state index in [1.165, 1.54) is 49.0 Å². The standard InChI is InChI=1S/C32H25FO8S2/c1-40-25-9-16-11-29(23(34)5-7-31(36)37)42-27(16)14-21(25)19-4-3-18(33)13-20(19)22-15-28-17(10-26(22)41-2)12-30(43-28)24(35)6-8-32(38)39/h3-4,9-15H,5-8H2,1-2H3,(H,36,37)(H,38,39). The molecule has 43 heavy (non-hydrogen) atoms. The van der Waals surface area contributed by atoms with Gasteiger partial charge in [-0.3, -0.25) is 19.2 Å². The molecule has 0 bridgehead atoms. The summed E-state index contributed by atoms with van der Waals surface area (Å²) in [6, 6.07) is 15.0. The van der Waals surface area contributed by atoms with Gasteiger partial charge in [0.05, 0.1) is 36.8 Å². The van der Waals surface area contributed by atoms with Crippen LogP contribution >= 0.6 is 22.7 Å². The van der Waals surface area contributed by atoms with E-state index in [9.17, 15) is 23.6 Å². The van der Waals surface area contributed by atoms with Crippen molar-refractivity contribution in [1.29, 1.82) is 0 Å². The van der Waals surface area contributed by atoms with Gasteiger partial charge in [-0.25, -0.2) is 4.39 Å². The number of Topliss-reactive ketones (excluding diaryl/α,β-unsaturated/α-hetero) is 2. The maximum atomic E-state index is 14.8. The minimum Gasteiger partial charge on any atom is -0.496 e. The molecule has 0 aliphatic carbocycles. The van der Waals surface area contributed by atoms with E-state index in [4.69, 9.17) is 19.7 Å². The first-order chi connectivity index (χ1) is 20.6. The molecule has 0 saturated heterocycles. The van der Waals surface area contributed by atoms with Gasteiger partial charge in [-0.05, 0) is 70.4 Å². The summed E-state index contributed by atoms with van der Waals surface area (Å²) in [5.41, 5.74) is 2.38. The zero-order chi connectivity index (χ0) is 30.8. The third-order valence-electron chi connectivity index (χ3n) is 6.92. The largest absolute Gasteiger partial charge is 0.496 e. The van der Waals surface area contributed by atoms with E-state index < -0.39 is 17.8 Å². The van der Waals surface area contributed by atoms with Gasteiger partial charge in [0.15, 0.2) is 11.6 Å². The van der Waals surface area contributed by atoms with E-state index in [-0.39, 0.29) is 37.2 Å². The number of fused-ring (bicyclic) bond motifs is 2. The average Bonchev–Trinajstić information content (AvgIpc) is 3.60. The van der Waals surface area contributed by atoms with Gasteiger partial charge in [-0.1, -0.05) is 6.07 Å². The van der Waals surface area contributed by atoms with Gasteiger partial charge in [0.2, 0.25) is 0 Å². The number of hydrogen-bond acceptors (Lipinski definition) is 8. The highest BCUT2D eigenvalue weighted by atomic mass is 32.1. The van der Waals surface area contributed by atoms with Crippen molar-refractivity contribution in [3.05, 3.63) is 70.2 Å². The van der Waals surface area contributed by atoms with Crippen molar-refractivity contribution in [3.63, 3.8) is 0 Å². The van der Waals surface area contributed by atoms with E-state index in [2.05, 4.69) is 0 Å². The molecular weight excluding hydrogens is 595 g/mol. The van der Waals surface area contributed by atoms with E-state index in [1.807, 2.05) is 12.1 Å². The van der Waals surface area contributed by atoms with Crippen LogP contribution in [-0.4, -0.2) is 47.9 Å². The minimum absolute atomic E-state index is 0.105. The Bertz CT molecular complexity index is 1920. The summed E-state index contributed by atoms with van der Waals surface area (Å²) in [6.45, 7) is 0. The van der Waals surface area contributed by atoms with E-state index in [0.717, 1.165) is 20.2 Å². The summed E-state index contributed by atoms with van der Waals surface area (Å²) < 4.78 is 27.7. The van der Waals surface area contributed by atoms with E-state index >= 15 is 0 Å². The van der Waals surface area contributed by atoms with Crippen LogP contribution in [0, 0.1) is 5.82 Å². The smallest absolute Gasteiger partial charge is 0.303 e. The molecule has 0 fully saturated rings. The summed E-state index contributed by atoms with van der Waals surface area (Å²) >= 11 is 2.47. The fourth-order valence-electron chi connectivity index (χ4n) is 4.83. The van der Waals surface area contributed by atoms with Gasteiger partial charge in [-0.15, -0.1) is 22.7 Å². The summed E-state index contributed by atoms with van der Waals surface area (Å²) in [4.78, 5) is 47.9. The highest BCUT2D eigenvalue weighted by Gasteiger charge is 2.21. The van der Waals surface area contributed by atoms with Crippen LogP contribution in [0.2, 0.25) is 0 Å². The van der Waals surface area contributed by atoms with Crippen molar-refractivity contribution in [2.24, 2.45) is 0 Å². The number of ketones is 2. The Morgan fingerprint density at radius 3 is 1.53 bits per heavy atom. The van der Waals surface area contributed by atoms with E-state index in [0.29, 0.717) is 43.5 Å². The minimum atomic E-state index is -1.05. The number of rotatable bonds is 12. The first-order valence-corrected chi connectivity index (χ1v) is 14.7. The molecule has 2 heterocycles. The van der Waals surface area contributed by atoms with Gasteiger partial charge < -0.3 is 19.7 Å². The molecule has 0 saturated carbocycles. The normalized spacial score (nSPS) is 11.1. The summed E-state index contributed by atoms with van der Waals surface area (Å²) in [5, 5.41) is 19.4. The summed E-state index contributed by atoms with van der Waals surface area (Å²) in [5.74, 6) is -2.16. The van der Waals surface area contributed by atoms with Crippen molar-refractivity contribution in [2.45, 2.75) is 25.7 Å². The van der Waals surface area contributed by atoms with Crippen LogP contribution in [-0.2, 0) is 9.59 Å². The fourth-order valence-corrected chi connectivity index (χ4v) is 6.93. The van der Waals surface area contributed by atoms with Crippen molar-refractivity contribution in [2.75, 3.05) is 14.2 Å². The van der Waals surface area contributed by atoms with Crippen molar-refractivity contribution in [3.8, 4) is 33.8 Å². The molecule has 0 atom stereocenters. The highest BCUT2D eigenvalue weighted by Crippen LogP contribution is 2.45. The zero-order valence-corrected chi connectivity index (χ0v) is 24.7. The molecule has 8 nitrogen and oxygen atoms in total. The molecule has 220 valence electrons. The number of hydrogen-bond donors (Lipinski definition) is 2. The van der Waals surface area contributed by atoms with Crippen LogP contribution in [0.1, 0.15) is 45.0 Å². The monoisotopic (exact) mass is 620 g/mol. The molecule has 5 aromatic rings. The van der Waals surface area contributed by atoms with Crippen LogP contribution in [0.3, 0.4) is 0 Å². The van der Waals surface area contributed by atoms with Crippen LogP contribution in [0.15, 0.2) is 54.6 Å². The molecule has 0 spiro atoms. The number of aliphatic carboxylic acids is 2. The number of benzene rings is 3. The van der Waals surface area contributed by atoms with Gasteiger partial charge in [-0.2, -0.15) is 0 Å². The van der Waals surface area contributed by atoms with Gasteiger partial charge >= 0.3 is 11.9 Å². The maximum Gasteiger partial charge on any atom is 0.303 e. The van der Waals surface area contributed by atoms with Gasteiger partial charge in [0, 0.05) is 33.4 Å². The van der Waals surface area contributed by atoms with E-state index in [1.54, 1.807) is 30.3 Å². The number of carbonyl (C=O) groups excluding carboxylic acids is 2. The van der Waals surface area contributed by atoms with Crippen molar-refractivity contribution < 1.29 is 43.3 Å². The number of thiophene rings is 2. The van der Waals surface area contributed by atoms with Gasteiger partial charge in [0.25, 0.3) is 0 Å². The lowest BCUT2D eigenvalue weighted by atomic mass is 9.92. The number of halogens is 1. The van der Waals surface area contributed by atoms with Crippen molar-refractivity contribution in [1.82, 2.24) is 0 Å². The lowest BCUT2D eigenvalue weighted by Crippen LogP contribution is -2.01. The second-order valence-electron chi connectivity index (χ2n) is 9.73. The number of carbonyl (C=O) groups is 4. The summed E-state index contributed by atoms with van der Waals surface area (Å²) in [7, 11) is 3.01. The number of methoxy groups -OCH3 is 2. The number of carboxylic acid groups (broad SMARTS) is 2. The van der Waals surface area contributed by atoms with Crippen LogP contribution in [0.4, 0.5) is 4.39 Å². The Hall–Kier alpha value is -4.61. The van der Waals surface area contributed by atoms with Crippen LogP contribution in [0.5, 0.6) is 11.5 Å². The first kappa shape index (κ1) is 29.9. The second-order valence-corrected chi connectivity index (χ2v) is 11.9. The third kappa shape index (κ3) is 6.27. The Morgan fingerprint density at radius 1 is 0.628 bits per heavy atom. The fraction of sp³-hybridized carbons (Fsp3) is 0.188. The maximum absolute atomic E-state index is 14.8. The molecule has 0 aliphatic heterocycles. The Balaban J connectivity index is 1.62. The first-order valence-electron chi connectivity index (χ1n) is 13.1. The highest BCUT2D eigenvalue weighted by molar-refractivity contribution is 7.21. The molecule has 11 heteroatoms. The molecular formula is C32H25FO8S2. The predicted molar refractivity (Wildman–Crippen MR) is 164 cm³/mol. The molecule has 3 aromatic carbocycles. The average molecular weight is 621 g/mol. The second kappa shape index (κ2) is 12.3. The topological polar surface area (TPSA) is 127 Å². The number of ether oxygens (including phenoxy) is 2. The van der Waals surface area contributed by atoms with Crippen molar-refractivity contribution >= 4 is 66.4 Å². The quantitative estimate of drug-likeness (QED) is 0.136. The van der Waals surface area contributed by atoms with Crippen LogP contribution in [0.25, 0.3) is 42.4 Å². The lowest BCUT2D eigenvalue weighted by molar-refractivity contribution is -0.137. The molecule has 0 radical (unpaired) electrons. The number of carboxylic acids is 2. The predicted octanol–water partition coefficient (Wildman–Crippen LogP) is 7.70. The van der Waals surface area contributed by atoms with Crippen LogP contribution < -0.4 is 9.47 Å². The molecule has 2 N–H and O–H groups in total.